The number of nitrogens with zero attached hydrogens (tertiary/aromatic N) is 3. The maximum atomic E-state index is 13.7. The summed E-state index contributed by atoms with van der Waals surface area (Å²) in [6.07, 6.45) is -0.0659. The van der Waals surface area contributed by atoms with Crippen LogP contribution < -0.4 is 10.5 Å². The van der Waals surface area contributed by atoms with E-state index in [1.807, 2.05) is 35.2 Å². The van der Waals surface area contributed by atoms with E-state index in [0.29, 0.717) is 30.9 Å². The lowest BCUT2D eigenvalue weighted by atomic mass is 10.0. The molecule has 5 nitrogen and oxygen atoms in total. The third kappa shape index (κ3) is 3.61. The minimum absolute atomic E-state index is 0.190. The molecule has 1 aliphatic rings. The second-order valence-corrected chi connectivity index (χ2v) is 6.72. The summed E-state index contributed by atoms with van der Waals surface area (Å²) in [5.41, 5.74) is 1.49. The molecule has 1 aliphatic heterocycles. The SMILES string of the molecule is O=c1ccc(N2CC[C@@H](O)[C@H]2c2cccc(F)c2)nn1Cc1ccccc1. The Morgan fingerprint density at radius 2 is 1.89 bits per heavy atom. The Morgan fingerprint density at radius 1 is 1.07 bits per heavy atom. The molecule has 6 heteroatoms. The summed E-state index contributed by atoms with van der Waals surface area (Å²) >= 11 is 0. The number of aliphatic hydroxyl groups is 1. The zero-order valence-corrected chi connectivity index (χ0v) is 14.7. The lowest BCUT2D eigenvalue weighted by Crippen LogP contribution is -2.31. The van der Waals surface area contributed by atoms with Crippen molar-refractivity contribution < 1.29 is 9.50 Å². The molecular formula is C21H20FN3O2. The first kappa shape index (κ1) is 17.4. The average molecular weight is 365 g/mol. The third-order valence-corrected chi connectivity index (χ3v) is 4.88. The fourth-order valence-corrected chi connectivity index (χ4v) is 3.59. The van der Waals surface area contributed by atoms with Crippen molar-refractivity contribution in [2.24, 2.45) is 0 Å². The van der Waals surface area contributed by atoms with Crippen LogP contribution in [0.5, 0.6) is 0 Å². The van der Waals surface area contributed by atoms with Crippen LogP contribution in [0, 0.1) is 5.82 Å². The minimum Gasteiger partial charge on any atom is -0.391 e. The summed E-state index contributed by atoms with van der Waals surface area (Å²) in [5, 5.41) is 15.0. The Hall–Kier alpha value is -2.99. The molecule has 0 spiro atoms. The normalized spacial score (nSPS) is 19.4. The Bertz CT molecular complexity index is 990. The van der Waals surface area contributed by atoms with Crippen LogP contribution >= 0.6 is 0 Å². The number of halogens is 1. The molecule has 1 fully saturated rings. The highest BCUT2D eigenvalue weighted by Crippen LogP contribution is 2.35. The molecule has 2 heterocycles. The highest BCUT2D eigenvalue weighted by atomic mass is 19.1. The van der Waals surface area contributed by atoms with Gasteiger partial charge < -0.3 is 10.0 Å². The van der Waals surface area contributed by atoms with Gasteiger partial charge in [-0.3, -0.25) is 4.79 Å². The van der Waals surface area contributed by atoms with E-state index < -0.39 is 12.1 Å². The van der Waals surface area contributed by atoms with Crippen molar-refractivity contribution in [1.29, 1.82) is 0 Å². The predicted molar refractivity (Wildman–Crippen MR) is 101 cm³/mol. The van der Waals surface area contributed by atoms with Crippen molar-refractivity contribution in [1.82, 2.24) is 9.78 Å². The number of aliphatic hydroxyl groups excluding tert-OH is 1. The summed E-state index contributed by atoms with van der Waals surface area (Å²) in [5.74, 6) is 0.255. The van der Waals surface area contributed by atoms with Crippen LogP contribution in [0.2, 0.25) is 0 Å². The minimum atomic E-state index is -0.622. The summed E-state index contributed by atoms with van der Waals surface area (Å²) < 4.78 is 15.1. The Kier molecular flexibility index (Phi) is 4.73. The van der Waals surface area contributed by atoms with Crippen LogP contribution in [0.3, 0.4) is 0 Å². The van der Waals surface area contributed by atoms with Gasteiger partial charge in [0.25, 0.3) is 5.56 Å². The monoisotopic (exact) mass is 365 g/mol. The van der Waals surface area contributed by atoms with Crippen molar-refractivity contribution in [3.8, 4) is 0 Å². The lowest BCUT2D eigenvalue weighted by molar-refractivity contribution is 0.164. The van der Waals surface area contributed by atoms with Gasteiger partial charge in [0.2, 0.25) is 0 Å². The van der Waals surface area contributed by atoms with Crippen LogP contribution in [-0.4, -0.2) is 27.5 Å². The number of aromatic nitrogens is 2. The second kappa shape index (κ2) is 7.32. The zero-order valence-electron chi connectivity index (χ0n) is 14.7. The van der Waals surface area contributed by atoms with E-state index in [9.17, 15) is 14.3 Å². The molecule has 4 rings (SSSR count). The molecular weight excluding hydrogens is 345 g/mol. The van der Waals surface area contributed by atoms with Gasteiger partial charge in [-0.15, -0.1) is 0 Å². The van der Waals surface area contributed by atoms with Crippen molar-refractivity contribution in [2.45, 2.75) is 25.1 Å². The molecule has 0 saturated carbocycles. The first-order valence-corrected chi connectivity index (χ1v) is 8.94. The van der Waals surface area contributed by atoms with E-state index in [4.69, 9.17) is 0 Å². The molecule has 2 aromatic carbocycles. The quantitative estimate of drug-likeness (QED) is 0.772. The van der Waals surface area contributed by atoms with Crippen LogP contribution in [-0.2, 0) is 6.54 Å². The molecule has 1 aromatic heterocycles. The largest absolute Gasteiger partial charge is 0.391 e. The van der Waals surface area contributed by atoms with E-state index in [2.05, 4.69) is 5.10 Å². The van der Waals surface area contributed by atoms with Crippen LogP contribution in [0.4, 0.5) is 10.2 Å². The molecule has 0 bridgehead atoms. The van der Waals surface area contributed by atoms with Crippen LogP contribution in [0.1, 0.15) is 23.6 Å². The number of rotatable bonds is 4. The zero-order chi connectivity index (χ0) is 18.8. The lowest BCUT2D eigenvalue weighted by Gasteiger charge is -2.28. The second-order valence-electron chi connectivity index (χ2n) is 6.72. The summed E-state index contributed by atoms with van der Waals surface area (Å²) in [7, 11) is 0. The van der Waals surface area contributed by atoms with Crippen molar-refractivity contribution >= 4 is 5.82 Å². The number of anilines is 1. The molecule has 1 N–H and O–H groups in total. The number of hydrogen-bond donors (Lipinski definition) is 1. The smallest absolute Gasteiger partial charge is 0.267 e. The van der Waals surface area contributed by atoms with Gasteiger partial charge in [0.15, 0.2) is 0 Å². The maximum absolute atomic E-state index is 13.7. The van der Waals surface area contributed by atoms with Gasteiger partial charge in [-0.2, -0.15) is 5.10 Å². The Labute approximate surface area is 156 Å². The topological polar surface area (TPSA) is 58.4 Å². The molecule has 0 amide bonds. The number of benzene rings is 2. The van der Waals surface area contributed by atoms with Gasteiger partial charge in [0.05, 0.1) is 18.7 Å². The van der Waals surface area contributed by atoms with E-state index in [0.717, 1.165) is 5.56 Å². The van der Waals surface area contributed by atoms with Gasteiger partial charge in [0.1, 0.15) is 11.6 Å². The average Bonchev–Trinajstić information content (AvgIpc) is 3.06. The molecule has 1 saturated heterocycles. The number of hydrogen-bond acceptors (Lipinski definition) is 4. The van der Waals surface area contributed by atoms with Gasteiger partial charge in [0, 0.05) is 12.6 Å². The Balaban J connectivity index is 1.68. The summed E-state index contributed by atoms with van der Waals surface area (Å²) in [6, 6.07) is 18.6. The van der Waals surface area contributed by atoms with Crippen molar-refractivity contribution in [3.63, 3.8) is 0 Å². The molecule has 2 atom stereocenters. The molecule has 0 aliphatic carbocycles. The van der Waals surface area contributed by atoms with Gasteiger partial charge in [-0.1, -0.05) is 42.5 Å². The fourth-order valence-electron chi connectivity index (χ4n) is 3.59. The highest BCUT2D eigenvalue weighted by molar-refractivity contribution is 5.44. The summed E-state index contributed by atoms with van der Waals surface area (Å²) in [4.78, 5) is 14.2. The van der Waals surface area contributed by atoms with Crippen molar-refractivity contribution in [3.05, 3.63) is 94.0 Å². The van der Waals surface area contributed by atoms with Gasteiger partial charge in [-0.05, 0) is 35.7 Å². The van der Waals surface area contributed by atoms with E-state index in [1.165, 1.54) is 22.9 Å². The first-order valence-electron chi connectivity index (χ1n) is 8.94. The molecule has 27 heavy (non-hydrogen) atoms. The van der Waals surface area contributed by atoms with E-state index >= 15 is 0 Å². The van der Waals surface area contributed by atoms with Gasteiger partial charge in [-0.25, -0.2) is 9.07 Å². The van der Waals surface area contributed by atoms with Crippen LogP contribution in [0.15, 0.2) is 71.5 Å². The predicted octanol–water partition coefficient (Wildman–Crippen LogP) is 2.74. The Morgan fingerprint density at radius 3 is 2.67 bits per heavy atom. The molecule has 138 valence electrons. The third-order valence-electron chi connectivity index (χ3n) is 4.88. The van der Waals surface area contributed by atoms with Gasteiger partial charge >= 0.3 is 0 Å². The van der Waals surface area contributed by atoms with E-state index in [1.54, 1.807) is 18.2 Å². The maximum Gasteiger partial charge on any atom is 0.267 e. The van der Waals surface area contributed by atoms with Crippen molar-refractivity contribution in [2.75, 3.05) is 11.4 Å². The highest BCUT2D eigenvalue weighted by Gasteiger charge is 2.35. The molecule has 3 aromatic rings. The first-order chi connectivity index (χ1) is 13.1. The molecule has 0 unspecified atom stereocenters. The van der Waals surface area contributed by atoms with E-state index in [-0.39, 0.29) is 11.4 Å². The summed E-state index contributed by atoms with van der Waals surface area (Å²) in [6.45, 7) is 0.952. The standard InChI is InChI=1S/C21H20FN3O2/c22-17-8-4-7-16(13-17)21-18(26)11-12-24(21)19-9-10-20(27)25(23-19)14-15-5-2-1-3-6-15/h1-10,13,18,21,26H,11-12,14H2/t18-,21-/m1/s1. The van der Waals surface area contributed by atoms with Crippen LogP contribution in [0.25, 0.3) is 0 Å². The molecule has 0 radical (unpaired) electrons. The fraction of sp³-hybridized carbons (Fsp3) is 0.238.